The molecule has 6 heteroatoms. The number of aliphatic hydroxyl groups is 1. The molecule has 0 atom stereocenters. The Kier molecular flexibility index (Phi) is 3.91. The molecule has 0 amide bonds. The second kappa shape index (κ2) is 5.96. The fourth-order valence-corrected chi connectivity index (χ4v) is 3.89. The maximum Gasteiger partial charge on any atom is 0.211 e. The van der Waals surface area contributed by atoms with Crippen LogP contribution in [0.2, 0.25) is 10.0 Å². The number of rotatable bonds is 2. The Bertz CT molecular complexity index is 936. The van der Waals surface area contributed by atoms with E-state index in [2.05, 4.69) is 15.5 Å². The molecule has 0 bridgehead atoms. The third kappa shape index (κ3) is 2.37. The predicted molar refractivity (Wildman–Crippen MR) is 98.5 cm³/mol. The van der Waals surface area contributed by atoms with E-state index in [-0.39, 0.29) is 6.61 Å². The van der Waals surface area contributed by atoms with Gasteiger partial charge in [-0.15, -0.1) is 0 Å². The van der Waals surface area contributed by atoms with Crippen LogP contribution in [0.5, 0.6) is 0 Å². The summed E-state index contributed by atoms with van der Waals surface area (Å²) in [7, 11) is 0. The molecule has 0 radical (unpaired) electrons. The van der Waals surface area contributed by atoms with Crippen LogP contribution in [-0.4, -0.2) is 21.2 Å². The Balaban J connectivity index is 1.95. The van der Waals surface area contributed by atoms with Crippen molar-refractivity contribution in [3.8, 4) is 0 Å². The number of hydrogen-bond acceptors (Lipinski definition) is 3. The summed E-state index contributed by atoms with van der Waals surface area (Å²) in [6, 6.07) is 9.69. The number of halogens is 2. The fraction of sp³-hybridized carbons (Fsp3) is 0.278. The molecule has 0 saturated carbocycles. The highest BCUT2D eigenvalue weighted by molar-refractivity contribution is 6.35. The summed E-state index contributed by atoms with van der Waals surface area (Å²) in [5, 5.41) is 11.0. The smallest absolute Gasteiger partial charge is 0.211 e. The Labute approximate surface area is 150 Å². The van der Waals surface area contributed by atoms with Crippen LogP contribution in [0, 0.1) is 6.92 Å². The SMILES string of the molecule is Cc1ccc(N2CCCn3c2nc2c(Cl)ccc(CO)c23)c(Cl)c1. The minimum atomic E-state index is -0.0376. The van der Waals surface area contributed by atoms with Crippen molar-refractivity contribution in [3.63, 3.8) is 0 Å². The maximum atomic E-state index is 9.69. The van der Waals surface area contributed by atoms with Gasteiger partial charge in [0.25, 0.3) is 0 Å². The van der Waals surface area contributed by atoms with E-state index >= 15 is 0 Å². The van der Waals surface area contributed by atoms with E-state index in [1.165, 1.54) is 0 Å². The van der Waals surface area contributed by atoms with Crippen LogP contribution in [0.3, 0.4) is 0 Å². The van der Waals surface area contributed by atoms with Gasteiger partial charge in [-0.2, -0.15) is 0 Å². The third-order valence-corrected chi connectivity index (χ3v) is 5.09. The highest BCUT2D eigenvalue weighted by atomic mass is 35.5. The van der Waals surface area contributed by atoms with E-state index in [1.807, 2.05) is 25.1 Å². The summed E-state index contributed by atoms with van der Waals surface area (Å²) in [6.07, 6.45) is 0.972. The zero-order valence-electron chi connectivity index (χ0n) is 13.3. The van der Waals surface area contributed by atoms with Crippen molar-refractivity contribution in [3.05, 3.63) is 51.5 Å². The Morgan fingerprint density at radius 3 is 2.71 bits per heavy atom. The van der Waals surface area contributed by atoms with Crippen molar-refractivity contribution in [2.75, 3.05) is 11.4 Å². The van der Waals surface area contributed by atoms with Crippen molar-refractivity contribution in [2.45, 2.75) is 26.5 Å². The van der Waals surface area contributed by atoms with Crippen LogP contribution in [0.1, 0.15) is 17.5 Å². The molecule has 1 aliphatic heterocycles. The summed E-state index contributed by atoms with van der Waals surface area (Å²) >= 11 is 12.8. The van der Waals surface area contributed by atoms with Gasteiger partial charge in [0, 0.05) is 18.7 Å². The normalized spacial score (nSPS) is 14.2. The lowest BCUT2D eigenvalue weighted by Crippen LogP contribution is -2.28. The lowest BCUT2D eigenvalue weighted by atomic mass is 10.1. The van der Waals surface area contributed by atoms with Crippen molar-refractivity contribution < 1.29 is 5.11 Å². The molecule has 2 heterocycles. The van der Waals surface area contributed by atoms with E-state index < -0.39 is 0 Å². The van der Waals surface area contributed by atoms with Gasteiger partial charge in [-0.05, 0) is 37.1 Å². The zero-order valence-corrected chi connectivity index (χ0v) is 14.8. The lowest BCUT2D eigenvalue weighted by molar-refractivity contribution is 0.283. The van der Waals surface area contributed by atoms with Crippen molar-refractivity contribution >= 4 is 45.9 Å². The molecule has 0 unspecified atom stereocenters. The number of aliphatic hydroxyl groups excluding tert-OH is 1. The second-order valence-corrected chi connectivity index (χ2v) is 6.90. The Hall–Kier alpha value is -1.75. The number of fused-ring (bicyclic) bond motifs is 3. The van der Waals surface area contributed by atoms with Gasteiger partial charge < -0.3 is 14.6 Å². The van der Waals surface area contributed by atoms with Gasteiger partial charge in [0.15, 0.2) is 0 Å². The molecular formula is C18H17Cl2N3O. The zero-order chi connectivity index (χ0) is 16.8. The second-order valence-electron chi connectivity index (χ2n) is 6.09. The molecule has 0 aliphatic carbocycles. The Morgan fingerprint density at radius 1 is 1.12 bits per heavy atom. The van der Waals surface area contributed by atoms with E-state index in [0.29, 0.717) is 10.0 Å². The fourth-order valence-electron chi connectivity index (χ4n) is 3.36. The first-order chi connectivity index (χ1) is 11.6. The Morgan fingerprint density at radius 2 is 1.96 bits per heavy atom. The molecule has 24 heavy (non-hydrogen) atoms. The first-order valence-electron chi connectivity index (χ1n) is 7.92. The van der Waals surface area contributed by atoms with E-state index in [1.54, 1.807) is 6.07 Å². The van der Waals surface area contributed by atoms with Crippen LogP contribution in [0.4, 0.5) is 11.6 Å². The minimum absolute atomic E-state index is 0.0376. The number of benzene rings is 2. The minimum Gasteiger partial charge on any atom is -0.392 e. The standard InChI is InChI=1S/C18H17Cl2N3O/c1-11-3-6-15(14(20)9-11)22-7-2-8-23-17-12(10-24)4-5-13(19)16(17)21-18(22)23/h3-6,9,24H,2,7-8,10H2,1H3. The number of aromatic nitrogens is 2. The maximum absolute atomic E-state index is 9.69. The van der Waals surface area contributed by atoms with Gasteiger partial charge in [-0.1, -0.05) is 35.3 Å². The number of nitrogens with zero attached hydrogens (tertiary/aromatic N) is 3. The molecule has 0 spiro atoms. The van der Waals surface area contributed by atoms with Gasteiger partial charge in [-0.3, -0.25) is 0 Å². The van der Waals surface area contributed by atoms with Crippen LogP contribution < -0.4 is 4.90 Å². The molecule has 4 rings (SSSR count). The highest BCUT2D eigenvalue weighted by Gasteiger charge is 2.26. The van der Waals surface area contributed by atoms with Crippen molar-refractivity contribution in [1.82, 2.24) is 9.55 Å². The molecule has 1 aromatic heterocycles. The molecule has 0 saturated heterocycles. The molecule has 1 aliphatic rings. The highest BCUT2D eigenvalue weighted by Crippen LogP contribution is 2.38. The number of aryl methyl sites for hydroxylation is 2. The van der Waals surface area contributed by atoms with E-state index in [4.69, 9.17) is 28.2 Å². The predicted octanol–water partition coefficient (Wildman–Crippen LogP) is 4.69. The molecule has 4 nitrogen and oxygen atoms in total. The van der Waals surface area contributed by atoms with E-state index in [9.17, 15) is 5.11 Å². The van der Waals surface area contributed by atoms with E-state index in [0.717, 1.165) is 53.3 Å². The van der Waals surface area contributed by atoms with Crippen LogP contribution in [0.15, 0.2) is 30.3 Å². The largest absolute Gasteiger partial charge is 0.392 e. The summed E-state index contributed by atoms with van der Waals surface area (Å²) in [4.78, 5) is 6.90. The van der Waals surface area contributed by atoms with Gasteiger partial charge in [-0.25, -0.2) is 4.98 Å². The molecule has 1 N–H and O–H groups in total. The summed E-state index contributed by atoms with van der Waals surface area (Å²) in [5.41, 5.74) is 4.55. The average Bonchev–Trinajstić information content (AvgIpc) is 2.96. The topological polar surface area (TPSA) is 41.3 Å². The van der Waals surface area contributed by atoms with Gasteiger partial charge in [0.1, 0.15) is 5.52 Å². The molecule has 3 aromatic rings. The first kappa shape index (κ1) is 15.8. The van der Waals surface area contributed by atoms with Gasteiger partial charge >= 0.3 is 0 Å². The average molecular weight is 362 g/mol. The number of imidazole rings is 1. The molecule has 124 valence electrons. The lowest BCUT2D eigenvalue weighted by Gasteiger charge is -2.30. The quantitative estimate of drug-likeness (QED) is 0.719. The third-order valence-electron chi connectivity index (χ3n) is 4.48. The molecule has 0 fully saturated rings. The number of anilines is 2. The summed E-state index contributed by atoms with van der Waals surface area (Å²) in [6.45, 7) is 3.68. The van der Waals surface area contributed by atoms with Crippen molar-refractivity contribution in [2.24, 2.45) is 0 Å². The molecular weight excluding hydrogens is 345 g/mol. The van der Waals surface area contributed by atoms with Crippen molar-refractivity contribution in [1.29, 1.82) is 0 Å². The van der Waals surface area contributed by atoms with Crippen LogP contribution in [0.25, 0.3) is 11.0 Å². The van der Waals surface area contributed by atoms with Gasteiger partial charge in [0.2, 0.25) is 5.95 Å². The molecule has 2 aromatic carbocycles. The van der Waals surface area contributed by atoms with Crippen LogP contribution >= 0.6 is 23.2 Å². The first-order valence-corrected chi connectivity index (χ1v) is 8.68. The summed E-state index contributed by atoms with van der Waals surface area (Å²) < 4.78 is 2.13. The van der Waals surface area contributed by atoms with Gasteiger partial charge in [0.05, 0.1) is 27.9 Å². The summed E-state index contributed by atoms with van der Waals surface area (Å²) in [5.74, 6) is 0.824. The van der Waals surface area contributed by atoms with Crippen LogP contribution in [-0.2, 0) is 13.2 Å². The number of hydrogen-bond donors (Lipinski definition) is 1. The monoisotopic (exact) mass is 361 g/mol.